The van der Waals surface area contributed by atoms with E-state index in [2.05, 4.69) is 23.1 Å². The highest BCUT2D eigenvalue weighted by Crippen LogP contribution is 2.22. The average Bonchev–Trinajstić information content (AvgIpc) is 2.38. The molecule has 2 rings (SSSR count). The van der Waals surface area contributed by atoms with Gasteiger partial charge < -0.3 is 10.6 Å². The molecule has 1 aromatic heterocycles. The summed E-state index contributed by atoms with van der Waals surface area (Å²) in [4.78, 5) is 10.9. The average molecular weight is 240 g/mol. The van der Waals surface area contributed by atoms with Gasteiger partial charge >= 0.3 is 0 Å². The van der Waals surface area contributed by atoms with E-state index in [9.17, 15) is 0 Å². The van der Waals surface area contributed by atoms with Crippen LogP contribution in [0.1, 0.15) is 0 Å². The molecule has 0 radical (unpaired) electrons. The minimum absolute atomic E-state index is 0.428. The molecule has 4 nitrogen and oxygen atoms in total. The fourth-order valence-electron chi connectivity index (χ4n) is 1.80. The van der Waals surface area contributed by atoms with Crippen molar-refractivity contribution >= 4 is 22.7 Å². The number of hydrogen-bond acceptors (Lipinski definition) is 4. The van der Waals surface area contributed by atoms with Gasteiger partial charge in [-0.2, -0.15) is 0 Å². The van der Waals surface area contributed by atoms with E-state index in [-0.39, 0.29) is 0 Å². The zero-order valence-corrected chi connectivity index (χ0v) is 10.2. The number of hydrogen-bond donors (Lipinski definition) is 1. The van der Waals surface area contributed by atoms with Crippen molar-refractivity contribution in [2.75, 3.05) is 23.7 Å². The third-order valence-electron chi connectivity index (χ3n) is 2.58. The lowest BCUT2D eigenvalue weighted by molar-refractivity contribution is 0.929. The van der Waals surface area contributed by atoms with Crippen LogP contribution in [0.2, 0.25) is 0 Å². The van der Waals surface area contributed by atoms with Crippen LogP contribution >= 0.6 is 0 Å². The van der Waals surface area contributed by atoms with Crippen LogP contribution in [0.5, 0.6) is 0 Å². The van der Waals surface area contributed by atoms with Gasteiger partial charge in [-0.15, -0.1) is 13.2 Å². The summed E-state index contributed by atoms with van der Waals surface area (Å²) >= 11 is 0. The van der Waals surface area contributed by atoms with E-state index in [0.29, 0.717) is 24.7 Å². The Bertz CT molecular complexity index is 567. The Hall–Kier alpha value is -2.36. The summed E-state index contributed by atoms with van der Waals surface area (Å²) in [5, 5.41) is 0. The fraction of sp³-hybridized carbons (Fsp3) is 0.143. The van der Waals surface area contributed by atoms with Crippen molar-refractivity contribution in [1.82, 2.24) is 9.97 Å². The van der Waals surface area contributed by atoms with E-state index in [4.69, 9.17) is 5.73 Å². The summed E-state index contributed by atoms with van der Waals surface area (Å²) in [5.74, 6) is 1.10. The van der Waals surface area contributed by atoms with Crippen LogP contribution in [-0.4, -0.2) is 23.1 Å². The number of aromatic nitrogens is 2. The normalized spacial score (nSPS) is 10.2. The highest BCUT2D eigenvalue weighted by Gasteiger charge is 2.11. The van der Waals surface area contributed by atoms with Crippen molar-refractivity contribution in [2.45, 2.75) is 0 Å². The quantitative estimate of drug-likeness (QED) is 0.815. The van der Waals surface area contributed by atoms with Gasteiger partial charge in [0.15, 0.2) is 11.6 Å². The largest absolute Gasteiger partial charge is 0.381 e. The first kappa shape index (κ1) is 12.1. The minimum Gasteiger partial charge on any atom is -0.381 e. The molecule has 0 aliphatic heterocycles. The van der Waals surface area contributed by atoms with Gasteiger partial charge in [0.25, 0.3) is 0 Å². The molecule has 0 fully saturated rings. The zero-order valence-electron chi connectivity index (χ0n) is 10.2. The molecule has 18 heavy (non-hydrogen) atoms. The molecule has 92 valence electrons. The van der Waals surface area contributed by atoms with Gasteiger partial charge in [0.05, 0.1) is 11.0 Å². The zero-order chi connectivity index (χ0) is 13.0. The van der Waals surface area contributed by atoms with Gasteiger partial charge in [-0.25, -0.2) is 9.97 Å². The molecule has 0 aliphatic carbocycles. The van der Waals surface area contributed by atoms with Crippen molar-refractivity contribution in [3.05, 3.63) is 49.6 Å². The first-order valence-corrected chi connectivity index (χ1v) is 5.75. The molecule has 0 bridgehead atoms. The Kier molecular flexibility index (Phi) is 3.57. The van der Waals surface area contributed by atoms with Crippen LogP contribution in [0.15, 0.2) is 49.6 Å². The lowest BCUT2D eigenvalue weighted by Crippen LogP contribution is -2.25. The van der Waals surface area contributed by atoms with E-state index in [1.165, 1.54) is 0 Å². The number of para-hydroxylation sites is 2. The minimum atomic E-state index is 0.428. The van der Waals surface area contributed by atoms with E-state index in [0.717, 1.165) is 11.0 Å². The number of anilines is 2. The van der Waals surface area contributed by atoms with E-state index >= 15 is 0 Å². The van der Waals surface area contributed by atoms with Crippen molar-refractivity contribution in [3.8, 4) is 0 Å². The van der Waals surface area contributed by atoms with Crippen LogP contribution in [0.25, 0.3) is 11.0 Å². The first-order chi connectivity index (χ1) is 8.76. The Labute approximate surface area is 106 Å². The second-order valence-corrected chi connectivity index (χ2v) is 3.90. The molecule has 0 saturated heterocycles. The standard InChI is InChI=1S/C14H16N4/c1-3-9-18(10-4-2)14-13(15)16-11-7-5-6-8-12(11)17-14/h3-8H,1-2,9-10H2,(H2,15,16). The molecule has 0 unspecified atom stereocenters. The Balaban J connectivity index is 2.50. The summed E-state index contributed by atoms with van der Waals surface area (Å²) in [6.45, 7) is 8.78. The number of nitrogen functional groups attached to an aromatic ring is 1. The molecule has 0 aliphatic rings. The Morgan fingerprint density at radius 2 is 1.61 bits per heavy atom. The predicted octanol–water partition coefficient (Wildman–Crippen LogP) is 2.39. The van der Waals surface area contributed by atoms with Gasteiger partial charge in [0.1, 0.15) is 0 Å². The maximum atomic E-state index is 5.96. The van der Waals surface area contributed by atoms with Crippen LogP contribution in [0, 0.1) is 0 Å². The second kappa shape index (κ2) is 5.31. The molecule has 0 saturated carbocycles. The monoisotopic (exact) mass is 240 g/mol. The maximum Gasteiger partial charge on any atom is 0.172 e. The molecule has 0 atom stereocenters. The lowest BCUT2D eigenvalue weighted by atomic mass is 10.3. The van der Waals surface area contributed by atoms with Gasteiger partial charge in [0.2, 0.25) is 0 Å². The molecule has 1 aromatic carbocycles. The van der Waals surface area contributed by atoms with Crippen molar-refractivity contribution in [2.24, 2.45) is 0 Å². The molecule has 2 aromatic rings. The van der Waals surface area contributed by atoms with E-state index in [1.54, 1.807) is 12.2 Å². The molecule has 2 N–H and O–H groups in total. The van der Waals surface area contributed by atoms with E-state index in [1.807, 2.05) is 29.2 Å². The first-order valence-electron chi connectivity index (χ1n) is 5.75. The molecule has 1 heterocycles. The third-order valence-corrected chi connectivity index (χ3v) is 2.58. The number of nitrogens with two attached hydrogens (primary N) is 1. The topological polar surface area (TPSA) is 55.0 Å². The lowest BCUT2D eigenvalue weighted by Gasteiger charge is -2.21. The highest BCUT2D eigenvalue weighted by atomic mass is 15.2. The van der Waals surface area contributed by atoms with Gasteiger partial charge in [-0.1, -0.05) is 24.3 Å². The number of benzene rings is 1. The smallest absolute Gasteiger partial charge is 0.172 e. The molecular formula is C14H16N4. The summed E-state index contributed by atoms with van der Waals surface area (Å²) < 4.78 is 0. The van der Waals surface area contributed by atoms with Gasteiger partial charge in [0, 0.05) is 13.1 Å². The van der Waals surface area contributed by atoms with Crippen molar-refractivity contribution < 1.29 is 0 Å². The third kappa shape index (κ3) is 2.32. The van der Waals surface area contributed by atoms with E-state index < -0.39 is 0 Å². The van der Waals surface area contributed by atoms with Crippen LogP contribution < -0.4 is 10.6 Å². The summed E-state index contributed by atoms with van der Waals surface area (Å²) in [7, 11) is 0. The summed E-state index contributed by atoms with van der Waals surface area (Å²) in [5.41, 5.74) is 7.60. The van der Waals surface area contributed by atoms with Gasteiger partial charge in [-0.05, 0) is 12.1 Å². The molecule has 0 amide bonds. The Morgan fingerprint density at radius 1 is 1.06 bits per heavy atom. The number of nitrogens with zero attached hydrogens (tertiary/aromatic N) is 3. The fourth-order valence-corrected chi connectivity index (χ4v) is 1.80. The molecule has 0 spiro atoms. The van der Waals surface area contributed by atoms with Crippen LogP contribution in [0.4, 0.5) is 11.6 Å². The highest BCUT2D eigenvalue weighted by molar-refractivity contribution is 5.79. The van der Waals surface area contributed by atoms with Gasteiger partial charge in [-0.3, -0.25) is 0 Å². The van der Waals surface area contributed by atoms with Crippen molar-refractivity contribution in [1.29, 1.82) is 0 Å². The van der Waals surface area contributed by atoms with Crippen LogP contribution in [0.3, 0.4) is 0 Å². The molecule has 4 heteroatoms. The number of fused-ring (bicyclic) bond motifs is 1. The van der Waals surface area contributed by atoms with Crippen molar-refractivity contribution in [3.63, 3.8) is 0 Å². The maximum absolute atomic E-state index is 5.96. The summed E-state index contributed by atoms with van der Waals surface area (Å²) in [6.07, 6.45) is 3.61. The molecular weight excluding hydrogens is 224 g/mol. The Morgan fingerprint density at radius 3 is 2.17 bits per heavy atom. The summed E-state index contributed by atoms with van der Waals surface area (Å²) in [6, 6.07) is 7.67. The SMILES string of the molecule is C=CCN(CC=C)c1nc2ccccc2nc1N. The number of rotatable bonds is 5. The predicted molar refractivity (Wildman–Crippen MR) is 76.6 cm³/mol. The van der Waals surface area contributed by atoms with Crippen LogP contribution in [-0.2, 0) is 0 Å². The second-order valence-electron chi connectivity index (χ2n) is 3.90.